The summed E-state index contributed by atoms with van der Waals surface area (Å²) in [7, 11) is 0. The van der Waals surface area contributed by atoms with Gasteiger partial charge in [0, 0.05) is 12.6 Å². The molecule has 0 heterocycles. The summed E-state index contributed by atoms with van der Waals surface area (Å²) in [6, 6.07) is 18.9. The molecule has 1 saturated carbocycles. The molecule has 0 aromatic heterocycles. The maximum atomic E-state index is 10.2. The summed E-state index contributed by atoms with van der Waals surface area (Å²) in [5.74, 6) is 1.50. The lowest BCUT2D eigenvalue weighted by atomic mass is 9.86. The summed E-state index contributed by atoms with van der Waals surface area (Å²) >= 11 is 0. The lowest BCUT2D eigenvalue weighted by Gasteiger charge is -2.30. The van der Waals surface area contributed by atoms with Crippen molar-refractivity contribution in [1.29, 1.82) is 0 Å². The fourth-order valence-corrected chi connectivity index (χ4v) is 3.53. The maximum absolute atomic E-state index is 10.2. The first-order valence-corrected chi connectivity index (χ1v) is 9.42. The van der Waals surface area contributed by atoms with E-state index in [2.05, 4.69) is 36.5 Å². The van der Waals surface area contributed by atoms with Gasteiger partial charge in [0.2, 0.25) is 0 Å². The molecule has 0 aliphatic heterocycles. The van der Waals surface area contributed by atoms with Gasteiger partial charge in [0.25, 0.3) is 0 Å². The third kappa shape index (κ3) is 5.32. The molecule has 3 atom stereocenters. The molecule has 0 radical (unpaired) electrons. The Morgan fingerprint density at radius 3 is 2.40 bits per heavy atom. The summed E-state index contributed by atoms with van der Waals surface area (Å²) < 4.78 is 5.74. The molecule has 3 nitrogen and oxygen atoms in total. The minimum absolute atomic E-state index is 0.318. The maximum Gasteiger partial charge on any atom is 0.119 e. The number of rotatable bonds is 7. The van der Waals surface area contributed by atoms with Gasteiger partial charge in [-0.2, -0.15) is 0 Å². The molecule has 2 aromatic carbocycles. The van der Waals surface area contributed by atoms with Crippen LogP contribution in [-0.2, 0) is 0 Å². The largest absolute Gasteiger partial charge is 0.491 e. The molecule has 0 saturated heterocycles. The Kier molecular flexibility index (Phi) is 6.48. The topological polar surface area (TPSA) is 41.5 Å². The van der Waals surface area contributed by atoms with Crippen molar-refractivity contribution in [1.82, 2.24) is 5.32 Å². The Morgan fingerprint density at radius 1 is 1.00 bits per heavy atom. The predicted molar refractivity (Wildman–Crippen MR) is 103 cm³/mol. The van der Waals surface area contributed by atoms with E-state index in [9.17, 15) is 5.11 Å². The van der Waals surface area contributed by atoms with Gasteiger partial charge in [-0.05, 0) is 42.0 Å². The van der Waals surface area contributed by atoms with Gasteiger partial charge in [-0.15, -0.1) is 0 Å². The molecule has 1 fully saturated rings. The Hall–Kier alpha value is -1.84. The fraction of sp³-hybridized carbons (Fsp3) is 0.455. The van der Waals surface area contributed by atoms with Gasteiger partial charge in [0.1, 0.15) is 18.5 Å². The second-order valence-corrected chi connectivity index (χ2v) is 7.13. The second kappa shape index (κ2) is 9.02. The minimum atomic E-state index is -0.483. The molecular weight excluding hydrogens is 310 g/mol. The van der Waals surface area contributed by atoms with Crippen LogP contribution in [-0.4, -0.2) is 30.4 Å². The van der Waals surface area contributed by atoms with Crippen LogP contribution in [0.4, 0.5) is 0 Å². The van der Waals surface area contributed by atoms with Crippen molar-refractivity contribution >= 4 is 0 Å². The summed E-state index contributed by atoms with van der Waals surface area (Å²) in [5.41, 5.74) is 2.36. The summed E-state index contributed by atoms with van der Waals surface area (Å²) in [4.78, 5) is 0. The van der Waals surface area contributed by atoms with Crippen molar-refractivity contribution in [2.75, 3.05) is 13.2 Å². The van der Waals surface area contributed by atoms with Gasteiger partial charge < -0.3 is 15.2 Å². The Labute approximate surface area is 151 Å². The third-order valence-corrected chi connectivity index (χ3v) is 5.13. The molecular formula is C22H29NO2. The number of benzene rings is 2. The zero-order valence-electron chi connectivity index (χ0n) is 15.0. The van der Waals surface area contributed by atoms with Crippen molar-refractivity contribution < 1.29 is 9.84 Å². The number of aliphatic hydroxyl groups excluding tert-OH is 1. The molecule has 25 heavy (non-hydrogen) atoms. The van der Waals surface area contributed by atoms with Crippen LogP contribution in [0.5, 0.6) is 5.75 Å². The molecule has 2 N–H and O–H groups in total. The van der Waals surface area contributed by atoms with E-state index in [0.29, 0.717) is 25.1 Å². The van der Waals surface area contributed by atoms with Crippen LogP contribution in [0.15, 0.2) is 54.6 Å². The van der Waals surface area contributed by atoms with Crippen LogP contribution >= 0.6 is 0 Å². The quantitative estimate of drug-likeness (QED) is 0.792. The van der Waals surface area contributed by atoms with Crippen molar-refractivity contribution in [3.63, 3.8) is 0 Å². The van der Waals surface area contributed by atoms with Gasteiger partial charge in [0.15, 0.2) is 0 Å². The molecule has 3 rings (SSSR count). The lowest BCUT2D eigenvalue weighted by Crippen LogP contribution is -2.42. The number of aliphatic hydroxyl groups is 1. The van der Waals surface area contributed by atoms with Crippen LogP contribution < -0.4 is 10.1 Å². The molecule has 134 valence electrons. The monoisotopic (exact) mass is 339 g/mol. The zero-order valence-corrected chi connectivity index (χ0v) is 15.0. The van der Waals surface area contributed by atoms with Crippen LogP contribution in [0.1, 0.15) is 32.6 Å². The highest BCUT2D eigenvalue weighted by Crippen LogP contribution is 2.24. The molecule has 0 bridgehead atoms. The first-order valence-electron chi connectivity index (χ1n) is 9.42. The molecule has 3 heteroatoms. The van der Waals surface area contributed by atoms with Crippen LogP contribution in [0, 0.1) is 5.92 Å². The first-order chi connectivity index (χ1) is 12.2. The summed E-state index contributed by atoms with van der Waals surface area (Å²) in [5, 5.41) is 13.7. The van der Waals surface area contributed by atoms with Crippen molar-refractivity contribution in [2.24, 2.45) is 5.92 Å². The minimum Gasteiger partial charge on any atom is -0.491 e. The molecule has 0 unspecified atom stereocenters. The SMILES string of the molecule is C[C@@H]1CCCC[C@H]1NC[C@H](O)COc1ccc(-c2ccccc2)cc1. The second-order valence-electron chi connectivity index (χ2n) is 7.13. The normalized spacial score (nSPS) is 21.7. The number of nitrogens with one attached hydrogen (secondary N) is 1. The van der Waals surface area contributed by atoms with E-state index in [0.717, 1.165) is 5.75 Å². The molecule has 0 amide bonds. The number of hydrogen-bond acceptors (Lipinski definition) is 3. The molecule has 1 aliphatic rings. The van der Waals surface area contributed by atoms with Crippen molar-refractivity contribution in [3.8, 4) is 16.9 Å². The van der Waals surface area contributed by atoms with Crippen LogP contribution in [0.3, 0.4) is 0 Å². The highest BCUT2D eigenvalue weighted by molar-refractivity contribution is 5.63. The third-order valence-electron chi connectivity index (χ3n) is 5.13. The highest BCUT2D eigenvalue weighted by Gasteiger charge is 2.21. The van der Waals surface area contributed by atoms with Gasteiger partial charge >= 0.3 is 0 Å². The van der Waals surface area contributed by atoms with Gasteiger partial charge in [-0.3, -0.25) is 0 Å². The van der Waals surface area contributed by atoms with E-state index < -0.39 is 6.10 Å². The van der Waals surface area contributed by atoms with E-state index in [-0.39, 0.29) is 0 Å². The van der Waals surface area contributed by atoms with E-state index >= 15 is 0 Å². The Bertz CT molecular complexity index is 626. The van der Waals surface area contributed by atoms with Gasteiger partial charge in [0.05, 0.1) is 0 Å². The van der Waals surface area contributed by atoms with Crippen LogP contribution in [0.2, 0.25) is 0 Å². The standard InChI is InChI=1S/C22H29NO2/c1-17-7-5-6-10-22(17)23-15-20(24)16-25-21-13-11-19(12-14-21)18-8-3-2-4-9-18/h2-4,8-9,11-14,17,20,22-24H,5-7,10,15-16H2,1H3/t17-,20+,22-/m1/s1. The Balaban J connectivity index is 1.43. The van der Waals surface area contributed by atoms with Gasteiger partial charge in [-0.25, -0.2) is 0 Å². The predicted octanol–water partition coefficient (Wildman–Crippen LogP) is 4.26. The van der Waals surface area contributed by atoms with E-state index in [1.54, 1.807) is 0 Å². The highest BCUT2D eigenvalue weighted by atomic mass is 16.5. The van der Waals surface area contributed by atoms with Crippen molar-refractivity contribution in [3.05, 3.63) is 54.6 Å². The summed E-state index contributed by atoms with van der Waals surface area (Å²) in [6.07, 6.45) is 4.66. The van der Waals surface area contributed by atoms with E-state index in [4.69, 9.17) is 4.74 Å². The lowest BCUT2D eigenvalue weighted by molar-refractivity contribution is 0.0985. The summed E-state index contributed by atoms with van der Waals surface area (Å²) in [6.45, 7) is 3.21. The average Bonchev–Trinajstić information content (AvgIpc) is 2.67. The zero-order chi connectivity index (χ0) is 17.5. The van der Waals surface area contributed by atoms with E-state index in [1.165, 1.54) is 36.8 Å². The van der Waals surface area contributed by atoms with E-state index in [1.807, 2.05) is 30.3 Å². The first kappa shape index (κ1) is 18.0. The van der Waals surface area contributed by atoms with Crippen molar-refractivity contribution in [2.45, 2.75) is 44.8 Å². The fourth-order valence-electron chi connectivity index (χ4n) is 3.53. The molecule has 2 aromatic rings. The number of ether oxygens (including phenoxy) is 1. The molecule has 0 spiro atoms. The number of hydrogen-bond donors (Lipinski definition) is 2. The van der Waals surface area contributed by atoms with Gasteiger partial charge in [-0.1, -0.05) is 62.2 Å². The Morgan fingerprint density at radius 2 is 1.68 bits per heavy atom. The average molecular weight is 339 g/mol. The molecule has 1 aliphatic carbocycles. The van der Waals surface area contributed by atoms with Crippen LogP contribution in [0.25, 0.3) is 11.1 Å². The smallest absolute Gasteiger partial charge is 0.119 e.